The van der Waals surface area contributed by atoms with Crippen LogP contribution in [0, 0.1) is 0 Å². The van der Waals surface area contributed by atoms with Crippen molar-refractivity contribution in [2.45, 2.75) is 36.0 Å². The molecule has 0 saturated carbocycles. The molecular formula is C20H22N2O4S2. The summed E-state index contributed by atoms with van der Waals surface area (Å²) in [5, 5.41) is 1.25. The van der Waals surface area contributed by atoms with E-state index in [9.17, 15) is 16.8 Å². The van der Waals surface area contributed by atoms with Crippen LogP contribution in [0.5, 0.6) is 0 Å². The van der Waals surface area contributed by atoms with Gasteiger partial charge in [-0.15, -0.1) is 9.66 Å². The van der Waals surface area contributed by atoms with Gasteiger partial charge >= 0.3 is 0 Å². The molecule has 6 nitrogen and oxygen atoms in total. The molecule has 148 valence electrons. The lowest BCUT2D eigenvalue weighted by Crippen LogP contribution is -2.41. The van der Waals surface area contributed by atoms with Gasteiger partial charge in [-0.05, 0) is 34.6 Å². The quantitative estimate of drug-likeness (QED) is 0.622. The van der Waals surface area contributed by atoms with Gasteiger partial charge in [0.25, 0.3) is 20.0 Å². The average Bonchev–Trinajstić information content (AvgIpc) is 2.65. The third-order valence-electron chi connectivity index (χ3n) is 4.38. The van der Waals surface area contributed by atoms with E-state index < -0.39 is 20.0 Å². The lowest BCUT2D eigenvalue weighted by atomic mass is 9.87. The van der Waals surface area contributed by atoms with Crippen molar-refractivity contribution < 1.29 is 16.8 Å². The maximum Gasteiger partial charge on any atom is 0.254 e. The molecule has 0 saturated heterocycles. The average molecular weight is 419 g/mol. The molecule has 3 rings (SSSR count). The van der Waals surface area contributed by atoms with E-state index in [1.807, 2.05) is 30.4 Å². The molecule has 3 aromatic carbocycles. The first-order chi connectivity index (χ1) is 13.0. The molecule has 28 heavy (non-hydrogen) atoms. The third kappa shape index (κ3) is 4.25. The number of nitrogens with one attached hydrogen (secondary N) is 2. The first-order valence-electron chi connectivity index (χ1n) is 8.63. The molecular weight excluding hydrogens is 396 g/mol. The molecule has 0 amide bonds. The van der Waals surface area contributed by atoms with E-state index in [4.69, 9.17) is 0 Å². The lowest BCUT2D eigenvalue weighted by Gasteiger charge is -2.19. The molecule has 0 radical (unpaired) electrons. The van der Waals surface area contributed by atoms with E-state index >= 15 is 0 Å². The number of fused-ring (bicyclic) bond motifs is 1. The predicted octanol–water partition coefficient (Wildman–Crippen LogP) is 3.31. The second-order valence-electron chi connectivity index (χ2n) is 7.46. The van der Waals surface area contributed by atoms with Crippen LogP contribution in [0.2, 0.25) is 0 Å². The zero-order chi connectivity index (χ0) is 20.6. The van der Waals surface area contributed by atoms with E-state index in [1.54, 1.807) is 48.5 Å². The summed E-state index contributed by atoms with van der Waals surface area (Å²) in [6.07, 6.45) is 0. The fraction of sp³-hybridized carbons (Fsp3) is 0.200. The van der Waals surface area contributed by atoms with Crippen LogP contribution >= 0.6 is 0 Å². The fourth-order valence-electron chi connectivity index (χ4n) is 2.79. The molecule has 2 N–H and O–H groups in total. The van der Waals surface area contributed by atoms with Crippen LogP contribution < -0.4 is 9.66 Å². The van der Waals surface area contributed by atoms with Crippen LogP contribution in [-0.2, 0) is 25.5 Å². The second-order valence-corrected chi connectivity index (χ2v) is 10.8. The molecule has 3 aromatic rings. The first kappa shape index (κ1) is 20.5. The van der Waals surface area contributed by atoms with Crippen molar-refractivity contribution in [1.82, 2.24) is 9.66 Å². The monoisotopic (exact) mass is 418 g/mol. The zero-order valence-electron chi connectivity index (χ0n) is 15.8. The van der Waals surface area contributed by atoms with E-state index in [2.05, 4.69) is 0 Å². The van der Waals surface area contributed by atoms with Crippen LogP contribution in [-0.4, -0.2) is 16.8 Å². The maximum atomic E-state index is 12.7. The second kappa shape index (κ2) is 7.29. The summed E-state index contributed by atoms with van der Waals surface area (Å²) in [6, 6.07) is 18.1. The summed E-state index contributed by atoms with van der Waals surface area (Å²) in [6.45, 7) is 6.06. The van der Waals surface area contributed by atoms with Crippen molar-refractivity contribution in [2.24, 2.45) is 0 Å². The third-order valence-corrected chi connectivity index (χ3v) is 7.08. The highest BCUT2D eigenvalue weighted by Gasteiger charge is 2.22. The Morgan fingerprint density at radius 3 is 1.89 bits per heavy atom. The smallest absolute Gasteiger partial charge is 0.206 e. The first-order valence-corrected chi connectivity index (χ1v) is 11.6. The molecule has 0 aliphatic heterocycles. The molecule has 0 aliphatic rings. The normalized spacial score (nSPS) is 13.0. The summed E-state index contributed by atoms with van der Waals surface area (Å²) in [5.41, 5.74) is 0.855. The van der Waals surface area contributed by atoms with Gasteiger partial charge in [0.1, 0.15) is 0 Å². The number of hydrogen-bond donors (Lipinski definition) is 2. The topological polar surface area (TPSA) is 92.3 Å². The highest BCUT2D eigenvalue weighted by molar-refractivity contribution is 7.92. The largest absolute Gasteiger partial charge is 0.254 e. The number of rotatable bonds is 5. The molecule has 8 heteroatoms. The van der Waals surface area contributed by atoms with Gasteiger partial charge in [0.05, 0.1) is 9.79 Å². The molecule has 0 heterocycles. The summed E-state index contributed by atoms with van der Waals surface area (Å²) in [4.78, 5) is 3.93. The SMILES string of the molecule is CC(C)(C)c1ccc(S(=O)(=O)NNS(=O)(=O)c2cccc3ccccc23)cc1. The van der Waals surface area contributed by atoms with Gasteiger partial charge < -0.3 is 0 Å². The van der Waals surface area contributed by atoms with E-state index in [1.165, 1.54) is 18.2 Å². The van der Waals surface area contributed by atoms with Crippen LogP contribution in [0.25, 0.3) is 10.8 Å². The number of benzene rings is 3. The van der Waals surface area contributed by atoms with Gasteiger partial charge in [-0.25, -0.2) is 16.8 Å². The summed E-state index contributed by atoms with van der Waals surface area (Å²) in [7, 11) is -8.16. The molecule has 0 unspecified atom stereocenters. The van der Waals surface area contributed by atoms with Crippen molar-refractivity contribution in [3.05, 3.63) is 72.3 Å². The number of hydrogen-bond acceptors (Lipinski definition) is 4. The molecule has 0 bridgehead atoms. The van der Waals surface area contributed by atoms with E-state index in [0.29, 0.717) is 5.39 Å². The standard InChI is InChI=1S/C20H22N2O4S2/c1-20(2,3)16-11-13-17(14-12-16)27(23,24)21-22-28(25,26)19-10-6-8-15-7-4-5-9-18(15)19/h4-14,21-22H,1-3H3. The number of hydrazine groups is 1. The Hall–Kier alpha value is -2.26. The number of sulfonamides is 2. The Balaban J connectivity index is 1.85. The fourth-order valence-corrected chi connectivity index (χ4v) is 5.12. The molecule has 0 fully saturated rings. The van der Waals surface area contributed by atoms with Gasteiger partial charge in [0.15, 0.2) is 0 Å². The Morgan fingerprint density at radius 2 is 1.25 bits per heavy atom. The minimum absolute atomic E-state index is 0.00335. The lowest BCUT2D eigenvalue weighted by molar-refractivity contribution is 0.557. The summed E-state index contributed by atoms with van der Waals surface area (Å²) in [5.74, 6) is 0. The minimum Gasteiger partial charge on any atom is -0.206 e. The van der Waals surface area contributed by atoms with Crippen molar-refractivity contribution >= 4 is 30.8 Å². The summed E-state index contributed by atoms with van der Waals surface area (Å²) < 4.78 is 50.3. The van der Waals surface area contributed by atoms with E-state index in [-0.39, 0.29) is 15.2 Å². The molecule has 0 aliphatic carbocycles. The Labute approximate surface area is 165 Å². The minimum atomic E-state index is -4.10. The maximum absolute atomic E-state index is 12.7. The molecule has 0 atom stereocenters. The molecule has 0 aromatic heterocycles. The Kier molecular flexibility index (Phi) is 5.33. The van der Waals surface area contributed by atoms with Crippen molar-refractivity contribution in [1.29, 1.82) is 0 Å². The van der Waals surface area contributed by atoms with Crippen LogP contribution in [0.15, 0.2) is 76.5 Å². The van der Waals surface area contributed by atoms with Gasteiger partial charge in [-0.1, -0.05) is 69.3 Å². The Morgan fingerprint density at radius 1 is 0.679 bits per heavy atom. The zero-order valence-corrected chi connectivity index (χ0v) is 17.4. The van der Waals surface area contributed by atoms with Crippen molar-refractivity contribution in [3.8, 4) is 0 Å². The van der Waals surface area contributed by atoms with Gasteiger partial charge in [-0.2, -0.15) is 0 Å². The highest BCUT2D eigenvalue weighted by Crippen LogP contribution is 2.24. The van der Waals surface area contributed by atoms with Crippen LogP contribution in [0.4, 0.5) is 0 Å². The van der Waals surface area contributed by atoms with Crippen LogP contribution in [0.1, 0.15) is 26.3 Å². The molecule has 0 spiro atoms. The van der Waals surface area contributed by atoms with Gasteiger partial charge in [-0.3, -0.25) is 0 Å². The predicted molar refractivity (Wildman–Crippen MR) is 110 cm³/mol. The highest BCUT2D eigenvalue weighted by atomic mass is 32.2. The van der Waals surface area contributed by atoms with Crippen molar-refractivity contribution in [3.63, 3.8) is 0 Å². The summed E-state index contributed by atoms with van der Waals surface area (Å²) >= 11 is 0. The van der Waals surface area contributed by atoms with Gasteiger partial charge in [0, 0.05) is 5.39 Å². The van der Waals surface area contributed by atoms with Crippen LogP contribution in [0.3, 0.4) is 0 Å². The Bertz CT molecular complexity index is 1210. The van der Waals surface area contributed by atoms with E-state index in [0.717, 1.165) is 10.9 Å². The van der Waals surface area contributed by atoms with Gasteiger partial charge in [0.2, 0.25) is 0 Å². The van der Waals surface area contributed by atoms with Crippen molar-refractivity contribution in [2.75, 3.05) is 0 Å².